The van der Waals surface area contributed by atoms with Gasteiger partial charge in [-0.3, -0.25) is 4.79 Å². The van der Waals surface area contributed by atoms with Gasteiger partial charge in [-0.05, 0) is 19.3 Å². The molecular formula is C9H13NO2. The van der Waals surface area contributed by atoms with E-state index in [-0.39, 0.29) is 12.0 Å². The van der Waals surface area contributed by atoms with Crippen LogP contribution in [0.15, 0.2) is 0 Å². The molecule has 3 fully saturated rings. The van der Waals surface area contributed by atoms with Gasteiger partial charge in [0.15, 0.2) is 0 Å². The van der Waals surface area contributed by atoms with Gasteiger partial charge >= 0.3 is 0 Å². The minimum Gasteiger partial charge on any atom is -0.374 e. The van der Waals surface area contributed by atoms with Crippen LogP contribution >= 0.6 is 0 Å². The highest BCUT2D eigenvalue weighted by Gasteiger charge is 2.47. The summed E-state index contributed by atoms with van der Waals surface area (Å²) in [6.45, 7) is 1.96. The van der Waals surface area contributed by atoms with Crippen molar-refractivity contribution in [1.29, 1.82) is 0 Å². The molecule has 0 saturated carbocycles. The highest BCUT2D eigenvalue weighted by atomic mass is 16.5. The van der Waals surface area contributed by atoms with E-state index in [0.29, 0.717) is 12.0 Å². The van der Waals surface area contributed by atoms with E-state index >= 15 is 0 Å². The molecule has 2 bridgehead atoms. The van der Waals surface area contributed by atoms with Crippen LogP contribution in [-0.4, -0.2) is 36.1 Å². The molecule has 0 spiro atoms. The summed E-state index contributed by atoms with van der Waals surface area (Å²) in [5.41, 5.74) is 0. The molecule has 12 heavy (non-hydrogen) atoms. The monoisotopic (exact) mass is 167 g/mol. The Labute approximate surface area is 71.7 Å². The summed E-state index contributed by atoms with van der Waals surface area (Å²) in [6.07, 6.45) is 3.94. The maximum absolute atomic E-state index is 11.6. The maximum Gasteiger partial charge on any atom is 0.228 e. The Morgan fingerprint density at radius 3 is 2.67 bits per heavy atom. The largest absolute Gasteiger partial charge is 0.374 e. The van der Waals surface area contributed by atoms with Crippen molar-refractivity contribution in [2.24, 2.45) is 5.92 Å². The minimum absolute atomic E-state index is 0.214. The Bertz CT molecular complexity index is 225. The summed E-state index contributed by atoms with van der Waals surface area (Å²) in [4.78, 5) is 13.6. The Kier molecular flexibility index (Phi) is 1.28. The molecule has 0 aromatic carbocycles. The number of hydrogen-bond acceptors (Lipinski definition) is 2. The van der Waals surface area contributed by atoms with Crippen LogP contribution in [0, 0.1) is 5.92 Å². The van der Waals surface area contributed by atoms with Crippen LogP contribution in [0.2, 0.25) is 0 Å². The second-order valence-corrected chi connectivity index (χ2v) is 4.04. The molecule has 3 atom stereocenters. The molecule has 3 aliphatic heterocycles. The van der Waals surface area contributed by atoms with Gasteiger partial charge in [-0.2, -0.15) is 0 Å². The SMILES string of the molecule is O=C([C@@H]1C[C@H]2CC[C@@H]1O2)N1CC1. The topological polar surface area (TPSA) is 29.3 Å². The van der Waals surface area contributed by atoms with Crippen LogP contribution < -0.4 is 0 Å². The van der Waals surface area contributed by atoms with E-state index in [1.54, 1.807) is 0 Å². The third kappa shape index (κ3) is 0.891. The Balaban J connectivity index is 1.73. The third-order valence-corrected chi connectivity index (χ3v) is 3.18. The molecule has 3 nitrogen and oxygen atoms in total. The molecule has 3 saturated heterocycles. The van der Waals surface area contributed by atoms with Gasteiger partial charge in [0, 0.05) is 13.1 Å². The van der Waals surface area contributed by atoms with Gasteiger partial charge in [0.25, 0.3) is 0 Å². The molecule has 0 aromatic heterocycles. The molecule has 66 valence electrons. The predicted octanol–water partition coefficient (Wildman–Crippen LogP) is 0.396. The van der Waals surface area contributed by atoms with Crippen LogP contribution in [-0.2, 0) is 9.53 Å². The Hall–Kier alpha value is -0.570. The molecule has 1 amide bonds. The summed E-state index contributed by atoms with van der Waals surface area (Å²) < 4.78 is 5.64. The fourth-order valence-electron chi connectivity index (χ4n) is 2.40. The van der Waals surface area contributed by atoms with Gasteiger partial charge < -0.3 is 9.64 Å². The lowest BCUT2D eigenvalue weighted by atomic mass is 9.88. The van der Waals surface area contributed by atoms with Crippen LogP contribution in [0.3, 0.4) is 0 Å². The molecule has 0 N–H and O–H groups in total. The maximum atomic E-state index is 11.6. The number of fused-ring (bicyclic) bond motifs is 2. The van der Waals surface area contributed by atoms with Gasteiger partial charge in [-0.1, -0.05) is 0 Å². The fourth-order valence-corrected chi connectivity index (χ4v) is 2.40. The lowest BCUT2D eigenvalue weighted by Gasteiger charge is -2.17. The summed E-state index contributed by atoms with van der Waals surface area (Å²) in [5.74, 6) is 0.563. The first-order chi connectivity index (χ1) is 5.84. The normalized spacial score (nSPS) is 43.7. The van der Waals surface area contributed by atoms with Crippen LogP contribution in [0.25, 0.3) is 0 Å². The standard InChI is InChI=1S/C9H13NO2/c11-9(10-3-4-10)7-5-6-1-2-8(7)12-6/h6-8H,1-5H2/t6-,7-,8+/m1/s1. The zero-order valence-corrected chi connectivity index (χ0v) is 7.03. The van der Waals surface area contributed by atoms with E-state index < -0.39 is 0 Å². The summed E-state index contributed by atoms with van der Waals surface area (Å²) in [6, 6.07) is 0. The fraction of sp³-hybridized carbons (Fsp3) is 0.889. The number of carbonyl (C=O) groups is 1. The van der Waals surface area contributed by atoms with Crippen molar-refractivity contribution in [1.82, 2.24) is 4.90 Å². The van der Waals surface area contributed by atoms with Crippen molar-refractivity contribution in [2.75, 3.05) is 13.1 Å². The molecular weight excluding hydrogens is 154 g/mol. The molecule has 3 heteroatoms. The number of carbonyl (C=O) groups excluding carboxylic acids is 1. The second kappa shape index (κ2) is 2.22. The van der Waals surface area contributed by atoms with E-state index in [1.807, 2.05) is 4.90 Å². The second-order valence-electron chi connectivity index (χ2n) is 4.04. The summed E-state index contributed by atoms with van der Waals surface area (Å²) >= 11 is 0. The molecule has 3 aliphatic rings. The average Bonchev–Trinajstić information content (AvgIpc) is 2.73. The number of nitrogens with zero attached hydrogens (tertiary/aromatic N) is 1. The number of ether oxygens (including phenoxy) is 1. The highest BCUT2D eigenvalue weighted by Crippen LogP contribution is 2.40. The smallest absolute Gasteiger partial charge is 0.228 e. The molecule has 0 aliphatic carbocycles. The number of hydrogen-bond donors (Lipinski definition) is 0. The van der Waals surface area contributed by atoms with Crippen molar-refractivity contribution < 1.29 is 9.53 Å². The Morgan fingerprint density at radius 2 is 2.17 bits per heavy atom. The molecule has 0 aromatic rings. The van der Waals surface area contributed by atoms with Crippen LogP contribution in [0.1, 0.15) is 19.3 Å². The van der Waals surface area contributed by atoms with Gasteiger partial charge in [-0.15, -0.1) is 0 Å². The average molecular weight is 167 g/mol. The van der Waals surface area contributed by atoms with E-state index in [2.05, 4.69) is 0 Å². The van der Waals surface area contributed by atoms with Gasteiger partial charge in [0.05, 0.1) is 18.1 Å². The first-order valence-electron chi connectivity index (χ1n) is 4.79. The van der Waals surface area contributed by atoms with Crippen LogP contribution in [0.4, 0.5) is 0 Å². The lowest BCUT2D eigenvalue weighted by Crippen LogP contribution is -2.30. The quantitative estimate of drug-likeness (QED) is 0.529. The number of amides is 1. The van der Waals surface area contributed by atoms with Gasteiger partial charge in [0.2, 0.25) is 5.91 Å². The minimum atomic E-state index is 0.214. The Morgan fingerprint density at radius 1 is 1.33 bits per heavy atom. The van der Waals surface area contributed by atoms with E-state index in [4.69, 9.17) is 4.74 Å². The first kappa shape index (κ1) is 6.89. The number of rotatable bonds is 1. The summed E-state index contributed by atoms with van der Waals surface area (Å²) in [7, 11) is 0. The highest BCUT2D eigenvalue weighted by molar-refractivity contribution is 5.81. The predicted molar refractivity (Wildman–Crippen MR) is 42.6 cm³/mol. The zero-order valence-electron chi connectivity index (χ0n) is 7.03. The summed E-state index contributed by atoms with van der Waals surface area (Å²) in [5, 5.41) is 0. The van der Waals surface area contributed by atoms with E-state index in [9.17, 15) is 4.79 Å². The third-order valence-electron chi connectivity index (χ3n) is 3.18. The van der Waals surface area contributed by atoms with Gasteiger partial charge in [0.1, 0.15) is 0 Å². The van der Waals surface area contributed by atoms with E-state index in [1.165, 1.54) is 6.42 Å². The van der Waals surface area contributed by atoms with Crippen molar-refractivity contribution in [3.63, 3.8) is 0 Å². The first-order valence-corrected chi connectivity index (χ1v) is 4.79. The molecule has 3 rings (SSSR count). The van der Waals surface area contributed by atoms with Crippen molar-refractivity contribution >= 4 is 5.91 Å². The van der Waals surface area contributed by atoms with Crippen LogP contribution in [0.5, 0.6) is 0 Å². The molecule has 3 heterocycles. The molecule has 0 radical (unpaired) electrons. The van der Waals surface area contributed by atoms with Crippen molar-refractivity contribution in [3.8, 4) is 0 Å². The van der Waals surface area contributed by atoms with E-state index in [0.717, 1.165) is 25.9 Å². The lowest BCUT2D eigenvalue weighted by molar-refractivity contribution is -0.131. The zero-order chi connectivity index (χ0) is 8.13. The van der Waals surface area contributed by atoms with Crippen molar-refractivity contribution in [2.45, 2.75) is 31.5 Å². The van der Waals surface area contributed by atoms with Crippen molar-refractivity contribution in [3.05, 3.63) is 0 Å². The molecule has 0 unspecified atom stereocenters. The van der Waals surface area contributed by atoms with Gasteiger partial charge in [-0.25, -0.2) is 0 Å².